The summed E-state index contributed by atoms with van der Waals surface area (Å²) >= 11 is 3.13. The lowest BCUT2D eigenvalue weighted by molar-refractivity contribution is 0.348. The van der Waals surface area contributed by atoms with Gasteiger partial charge in [0, 0.05) is 15.8 Å². The van der Waals surface area contributed by atoms with E-state index in [1.54, 1.807) is 11.3 Å². The van der Waals surface area contributed by atoms with Gasteiger partial charge in [-0.2, -0.15) is 0 Å². The predicted molar refractivity (Wildman–Crippen MR) is 104 cm³/mol. The van der Waals surface area contributed by atoms with Gasteiger partial charge in [0.2, 0.25) is 0 Å². The molecule has 0 unspecified atom stereocenters. The largest absolute Gasteiger partial charge is 0.510 e. The molecule has 0 atom stereocenters. The van der Waals surface area contributed by atoms with Crippen LogP contribution in [-0.2, 0) is 6.54 Å². The second-order valence-electron chi connectivity index (χ2n) is 6.01. The molecule has 0 saturated heterocycles. The zero-order valence-electron chi connectivity index (χ0n) is 13.7. The van der Waals surface area contributed by atoms with Crippen LogP contribution in [0, 0.1) is 12.3 Å². The van der Waals surface area contributed by atoms with Crippen molar-refractivity contribution in [2.45, 2.75) is 13.5 Å². The summed E-state index contributed by atoms with van der Waals surface area (Å²) < 4.78 is 0. The highest BCUT2D eigenvalue weighted by atomic mass is 32.1. The van der Waals surface area contributed by atoms with Crippen molar-refractivity contribution in [1.29, 1.82) is 5.41 Å². The summed E-state index contributed by atoms with van der Waals surface area (Å²) in [5.74, 6) is 0.571. The summed E-state index contributed by atoms with van der Waals surface area (Å²) in [5, 5.41) is 23.6. The lowest BCUT2D eigenvalue weighted by Gasteiger charge is -2.17. The second-order valence-corrected chi connectivity index (χ2v) is 7.90. The number of nitrogens with one attached hydrogen (secondary N) is 1. The highest BCUT2D eigenvalue weighted by Gasteiger charge is 2.30. The number of rotatable bonds is 4. The van der Waals surface area contributed by atoms with Crippen LogP contribution in [0.2, 0.25) is 0 Å². The predicted octanol–water partition coefficient (Wildman–Crippen LogP) is 4.94. The van der Waals surface area contributed by atoms with Gasteiger partial charge < -0.3 is 10.0 Å². The van der Waals surface area contributed by atoms with Crippen LogP contribution >= 0.6 is 22.7 Å². The summed E-state index contributed by atoms with van der Waals surface area (Å²) in [6.07, 6.45) is 0. The van der Waals surface area contributed by atoms with E-state index in [1.807, 2.05) is 39.9 Å². The number of thiazole rings is 1. The van der Waals surface area contributed by atoms with E-state index in [2.05, 4.69) is 24.0 Å². The highest BCUT2D eigenvalue weighted by Crippen LogP contribution is 2.33. The number of hydrogen-bond donors (Lipinski definition) is 2. The first-order chi connectivity index (χ1) is 12.1. The lowest BCUT2D eigenvalue weighted by Crippen LogP contribution is -2.25. The van der Waals surface area contributed by atoms with E-state index in [9.17, 15) is 5.11 Å². The van der Waals surface area contributed by atoms with Gasteiger partial charge in [-0.15, -0.1) is 22.7 Å². The third-order valence-corrected chi connectivity index (χ3v) is 5.90. The SMILES string of the molecule is Cc1ccc(-c2csc(C3=C(O)CN(Cc4cccs4)C3=N)n2)cc1. The van der Waals surface area contributed by atoms with E-state index < -0.39 is 0 Å². The third-order valence-electron chi connectivity index (χ3n) is 4.17. The molecule has 0 radical (unpaired) electrons. The normalized spacial score (nSPS) is 14.6. The monoisotopic (exact) mass is 367 g/mol. The van der Waals surface area contributed by atoms with Gasteiger partial charge in [0.15, 0.2) is 0 Å². The van der Waals surface area contributed by atoms with Gasteiger partial charge in [0.05, 0.1) is 24.4 Å². The van der Waals surface area contributed by atoms with E-state index in [-0.39, 0.29) is 5.76 Å². The molecular weight excluding hydrogens is 350 g/mol. The van der Waals surface area contributed by atoms with Crippen LogP contribution in [0.1, 0.15) is 15.4 Å². The van der Waals surface area contributed by atoms with Gasteiger partial charge in [-0.05, 0) is 18.4 Å². The van der Waals surface area contributed by atoms with Crippen LogP contribution in [-0.4, -0.2) is 27.4 Å². The molecule has 25 heavy (non-hydrogen) atoms. The molecule has 6 heteroatoms. The van der Waals surface area contributed by atoms with Gasteiger partial charge in [-0.25, -0.2) is 4.98 Å². The van der Waals surface area contributed by atoms with Crippen LogP contribution < -0.4 is 0 Å². The summed E-state index contributed by atoms with van der Waals surface area (Å²) in [5.41, 5.74) is 3.69. The molecule has 3 heterocycles. The minimum Gasteiger partial charge on any atom is -0.510 e. The van der Waals surface area contributed by atoms with Crippen molar-refractivity contribution >= 4 is 34.1 Å². The van der Waals surface area contributed by atoms with Gasteiger partial charge >= 0.3 is 0 Å². The average Bonchev–Trinajstić information content (AvgIpc) is 3.31. The Bertz CT molecular complexity index is 939. The zero-order valence-corrected chi connectivity index (χ0v) is 15.3. The number of aromatic nitrogens is 1. The zero-order chi connectivity index (χ0) is 17.4. The first kappa shape index (κ1) is 16.1. The van der Waals surface area contributed by atoms with E-state index in [1.165, 1.54) is 21.8 Å². The van der Waals surface area contributed by atoms with Crippen LogP contribution in [0.4, 0.5) is 0 Å². The minimum absolute atomic E-state index is 0.228. The Kier molecular flexibility index (Phi) is 4.15. The fraction of sp³-hybridized carbons (Fsp3) is 0.158. The fourth-order valence-corrected chi connectivity index (χ4v) is 4.44. The van der Waals surface area contributed by atoms with Crippen LogP contribution in [0.3, 0.4) is 0 Å². The van der Waals surface area contributed by atoms with E-state index in [4.69, 9.17) is 5.41 Å². The summed E-state index contributed by atoms with van der Waals surface area (Å²) in [6.45, 7) is 3.06. The van der Waals surface area contributed by atoms with Crippen LogP contribution in [0.5, 0.6) is 0 Å². The molecule has 0 fully saturated rings. The van der Waals surface area contributed by atoms with Crippen LogP contribution in [0.25, 0.3) is 16.8 Å². The van der Waals surface area contributed by atoms with Crippen molar-refractivity contribution in [1.82, 2.24) is 9.88 Å². The molecular formula is C19H17N3OS2. The minimum atomic E-state index is 0.228. The molecule has 0 saturated carbocycles. The molecule has 0 aliphatic carbocycles. The Hall–Kier alpha value is -2.44. The molecule has 2 aromatic heterocycles. The second kappa shape index (κ2) is 6.46. The molecule has 126 valence electrons. The number of nitrogens with zero attached hydrogens (tertiary/aromatic N) is 2. The number of thiophene rings is 1. The Morgan fingerprint density at radius 1 is 1.20 bits per heavy atom. The summed E-state index contributed by atoms with van der Waals surface area (Å²) in [4.78, 5) is 7.72. The number of hydrogen-bond acceptors (Lipinski definition) is 5. The Morgan fingerprint density at radius 2 is 2.00 bits per heavy atom. The van der Waals surface area contributed by atoms with Crippen molar-refractivity contribution in [3.63, 3.8) is 0 Å². The van der Waals surface area contributed by atoms with Gasteiger partial charge in [0.25, 0.3) is 0 Å². The van der Waals surface area contributed by atoms with Crippen molar-refractivity contribution in [3.8, 4) is 11.3 Å². The topological polar surface area (TPSA) is 60.2 Å². The quantitative estimate of drug-likeness (QED) is 0.686. The molecule has 4 rings (SSSR count). The Morgan fingerprint density at radius 3 is 2.72 bits per heavy atom. The Labute approximate surface area is 154 Å². The van der Waals surface area contributed by atoms with Crippen molar-refractivity contribution in [2.75, 3.05) is 6.54 Å². The third kappa shape index (κ3) is 3.10. The maximum absolute atomic E-state index is 10.4. The van der Waals surface area contributed by atoms with Crippen LogP contribution in [0.15, 0.2) is 52.9 Å². The van der Waals surface area contributed by atoms with E-state index >= 15 is 0 Å². The Balaban J connectivity index is 1.58. The maximum atomic E-state index is 10.4. The maximum Gasteiger partial charge on any atom is 0.135 e. The molecule has 2 N–H and O–H groups in total. The fourth-order valence-electron chi connectivity index (χ4n) is 2.83. The first-order valence-electron chi connectivity index (χ1n) is 7.93. The summed E-state index contributed by atoms with van der Waals surface area (Å²) in [7, 11) is 0. The van der Waals surface area contributed by atoms with Crippen molar-refractivity contribution < 1.29 is 5.11 Å². The van der Waals surface area contributed by atoms with Crippen molar-refractivity contribution in [2.24, 2.45) is 0 Å². The molecule has 0 bridgehead atoms. The number of benzene rings is 1. The standard InChI is InChI=1S/C19H17N3OS2/c1-12-4-6-13(7-5-12)15-11-25-19(21-15)17-16(23)10-22(18(17)20)9-14-3-2-8-24-14/h2-8,11,20,23H,9-10H2,1H3. The van der Waals surface area contributed by atoms with Gasteiger partial charge in [-0.1, -0.05) is 35.9 Å². The molecule has 0 amide bonds. The van der Waals surface area contributed by atoms with Crippen molar-refractivity contribution in [3.05, 3.63) is 68.4 Å². The van der Waals surface area contributed by atoms with Gasteiger partial charge in [-0.3, -0.25) is 5.41 Å². The summed E-state index contributed by atoms with van der Waals surface area (Å²) in [6, 6.07) is 12.3. The first-order valence-corrected chi connectivity index (χ1v) is 9.69. The smallest absolute Gasteiger partial charge is 0.135 e. The lowest BCUT2D eigenvalue weighted by atomic mass is 10.1. The average molecular weight is 367 g/mol. The molecule has 4 nitrogen and oxygen atoms in total. The number of aliphatic hydroxyl groups is 1. The van der Waals surface area contributed by atoms with Gasteiger partial charge in [0.1, 0.15) is 16.6 Å². The molecule has 0 spiro atoms. The number of aryl methyl sites for hydroxylation is 1. The number of amidine groups is 1. The highest BCUT2D eigenvalue weighted by molar-refractivity contribution is 7.11. The molecule has 3 aromatic rings. The number of aliphatic hydroxyl groups excluding tert-OH is 1. The molecule has 1 aromatic carbocycles. The molecule has 1 aliphatic heterocycles. The van der Waals surface area contributed by atoms with E-state index in [0.717, 1.165) is 11.3 Å². The molecule has 1 aliphatic rings. The van der Waals surface area contributed by atoms with E-state index in [0.29, 0.717) is 29.5 Å².